The van der Waals surface area contributed by atoms with Gasteiger partial charge in [-0.3, -0.25) is 4.79 Å². The standard InChI is InChI=1S/C30H41NO3.ClH/c1-6-9-16-31(17-10-7-2)18-13-19-33-30-22(4)20-24(21-23(30)5)29(32)28-25-14-11-12-15-27(25)34-26(28)8-3;/h11-12,14-15,20-21H,6-10,13,16-19H2,1-5H3;1H. The number of furan rings is 1. The van der Waals surface area contributed by atoms with Gasteiger partial charge >= 0.3 is 0 Å². The van der Waals surface area contributed by atoms with Crippen LogP contribution in [0.15, 0.2) is 40.8 Å². The number of aryl methyl sites for hydroxylation is 3. The van der Waals surface area contributed by atoms with Crippen LogP contribution in [0.1, 0.15) is 85.7 Å². The number of carbonyl (C=O) groups is 1. The number of carbonyl (C=O) groups excluding carboxylic acids is 1. The molecule has 3 aromatic rings. The van der Waals surface area contributed by atoms with Crippen molar-refractivity contribution in [3.05, 3.63) is 64.4 Å². The van der Waals surface area contributed by atoms with E-state index in [1.54, 1.807) is 0 Å². The highest BCUT2D eigenvalue weighted by molar-refractivity contribution is 6.17. The van der Waals surface area contributed by atoms with Crippen molar-refractivity contribution in [2.75, 3.05) is 26.2 Å². The molecule has 0 aliphatic carbocycles. The summed E-state index contributed by atoms with van der Waals surface area (Å²) in [6, 6.07) is 11.7. The summed E-state index contributed by atoms with van der Waals surface area (Å²) in [4.78, 5) is 16.1. The van der Waals surface area contributed by atoms with E-state index in [0.717, 1.165) is 46.6 Å². The molecule has 0 aliphatic rings. The van der Waals surface area contributed by atoms with Crippen LogP contribution >= 0.6 is 12.4 Å². The maximum Gasteiger partial charge on any atom is 0.197 e. The summed E-state index contributed by atoms with van der Waals surface area (Å²) in [6.07, 6.45) is 6.66. The van der Waals surface area contributed by atoms with Gasteiger partial charge in [0.2, 0.25) is 0 Å². The van der Waals surface area contributed by atoms with E-state index in [-0.39, 0.29) is 18.2 Å². The van der Waals surface area contributed by atoms with Crippen molar-refractivity contribution in [2.45, 2.75) is 73.1 Å². The Balaban J connectivity index is 0.00000432. The number of ketones is 1. The minimum absolute atomic E-state index is 0. The molecule has 5 heteroatoms. The zero-order valence-corrected chi connectivity index (χ0v) is 22.9. The normalized spacial score (nSPS) is 11.1. The topological polar surface area (TPSA) is 42.7 Å². The molecule has 0 saturated heterocycles. The number of para-hydroxylation sites is 1. The third-order valence-electron chi connectivity index (χ3n) is 6.46. The van der Waals surface area contributed by atoms with Crippen LogP contribution in [-0.2, 0) is 6.42 Å². The number of hydrogen-bond acceptors (Lipinski definition) is 4. The van der Waals surface area contributed by atoms with E-state index in [4.69, 9.17) is 9.15 Å². The van der Waals surface area contributed by atoms with Crippen molar-refractivity contribution in [2.24, 2.45) is 0 Å². The van der Waals surface area contributed by atoms with Gasteiger partial charge in [-0.25, -0.2) is 0 Å². The Morgan fingerprint density at radius 2 is 1.51 bits per heavy atom. The third kappa shape index (κ3) is 7.35. The highest BCUT2D eigenvalue weighted by atomic mass is 35.5. The third-order valence-corrected chi connectivity index (χ3v) is 6.46. The molecule has 3 rings (SSSR count). The fraction of sp³-hybridized carbons (Fsp3) is 0.500. The predicted octanol–water partition coefficient (Wildman–Crippen LogP) is 7.94. The van der Waals surface area contributed by atoms with Gasteiger partial charge in [0, 0.05) is 23.9 Å². The van der Waals surface area contributed by atoms with Crippen LogP contribution in [0.3, 0.4) is 0 Å². The quantitative estimate of drug-likeness (QED) is 0.167. The molecule has 2 aromatic carbocycles. The molecule has 4 nitrogen and oxygen atoms in total. The zero-order chi connectivity index (χ0) is 24.5. The summed E-state index contributed by atoms with van der Waals surface area (Å²) in [5, 5.41) is 0.885. The van der Waals surface area contributed by atoms with Crippen LogP contribution in [0.25, 0.3) is 11.0 Å². The Bertz CT molecular complexity index is 1060. The van der Waals surface area contributed by atoms with Gasteiger partial charge in [-0.15, -0.1) is 12.4 Å². The molecule has 0 radical (unpaired) electrons. The first kappa shape index (κ1) is 28.9. The Hall–Kier alpha value is -2.30. The summed E-state index contributed by atoms with van der Waals surface area (Å²) in [6.45, 7) is 14.7. The second-order valence-corrected chi connectivity index (χ2v) is 9.27. The molecule has 1 heterocycles. The number of halogens is 1. The molecular formula is C30H42ClNO3. The zero-order valence-electron chi connectivity index (χ0n) is 22.1. The lowest BCUT2D eigenvalue weighted by molar-refractivity contribution is 0.103. The number of nitrogens with zero attached hydrogens (tertiary/aromatic N) is 1. The Kier molecular flexibility index (Phi) is 11.8. The number of fused-ring (bicyclic) bond motifs is 1. The first-order valence-electron chi connectivity index (χ1n) is 13.0. The molecule has 0 saturated carbocycles. The summed E-state index contributed by atoms with van der Waals surface area (Å²) < 4.78 is 12.2. The summed E-state index contributed by atoms with van der Waals surface area (Å²) in [5.41, 5.74) is 4.15. The van der Waals surface area contributed by atoms with Crippen molar-refractivity contribution in [3.63, 3.8) is 0 Å². The molecule has 0 bridgehead atoms. The number of unbranched alkanes of at least 4 members (excludes halogenated alkanes) is 2. The molecule has 0 N–H and O–H groups in total. The van der Waals surface area contributed by atoms with Crippen LogP contribution in [0.5, 0.6) is 5.75 Å². The fourth-order valence-corrected chi connectivity index (χ4v) is 4.61. The van der Waals surface area contributed by atoms with Crippen LogP contribution in [0.4, 0.5) is 0 Å². The van der Waals surface area contributed by atoms with Gasteiger partial charge in [-0.1, -0.05) is 51.8 Å². The number of rotatable bonds is 14. The largest absolute Gasteiger partial charge is 0.493 e. The van der Waals surface area contributed by atoms with Gasteiger partial charge in [-0.05, 0) is 75.5 Å². The van der Waals surface area contributed by atoms with Crippen molar-refractivity contribution < 1.29 is 13.9 Å². The van der Waals surface area contributed by atoms with Gasteiger partial charge in [-0.2, -0.15) is 0 Å². The Morgan fingerprint density at radius 1 is 0.914 bits per heavy atom. The van der Waals surface area contributed by atoms with E-state index < -0.39 is 0 Å². The molecule has 35 heavy (non-hydrogen) atoms. The highest BCUT2D eigenvalue weighted by Crippen LogP contribution is 2.31. The molecule has 0 fully saturated rings. The lowest BCUT2D eigenvalue weighted by Crippen LogP contribution is -2.28. The van der Waals surface area contributed by atoms with Gasteiger partial charge < -0.3 is 14.1 Å². The summed E-state index contributed by atoms with van der Waals surface area (Å²) >= 11 is 0. The van der Waals surface area contributed by atoms with Gasteiger partial charge in [0.1, 0.15) is 17.1 Å². The van der Waals surface area contributed by atoms with Crippen molar-refractivity contribution in [3.8, 4) is 5.75 Å². The molecule has 0 unspecified atom stereocenters. The minimum atomic E-state index is 0. The predicted molar refractivity (Wildman–Crippen MR) is 149 cm³/mol. The molecule has 0 spiro atoms. The van der Waals surface area contributed by atoms with E-state index in [1.165, 1.54) is 38.8 Å². The second-order valence-electron chi connectivity index (χ2n) is 9.27. The van der Waals surface area contributed by atoms with Crippen molar-refractivity contribution >= 4 is 29.2 Å². The van der Waals surface area contributed by atoms with E-state index in [2.05, 4.69) is 18.7 Å². The molecule has 0 atom stereocenters. The van der Waals surface area contributed by atoms with E-state index in [9.17, 15) is 4.79 Å². The van der Waals surface area contributed by atoms with E-state index in [0.29, 0.717) is 24.2 Å². The number of benzene rings is 2. The van der Waals surface area contributed by atoms with Crippen LogP contribution < -0.4 is 4.74 Å². The molecular weight excluding hydrogens is 458 g/mol. The summed E-state index contributed by atoms with van der Waals surface area (Å²) in [5.74, 6) is 1.66. The fourth-order valence-electron chi connectivity index (χ4n) is 4.61. The monoisotopic (exact) mass is 499 g/mol. The average Bonchev–Trinajstić information content (AvgIpc) is 3.22. The maximum atomic E-state index is 13.5. The van der Waals surface area contributed by atoms with E-state index in [1.807, 2.05) is 57.2 Å². The molecule has 0 amide bonds. The van der Waals surface area contributed by atoms with Crippen molar-refractivity contribution in [1.82, 2.24) is 4.90 Å². The Morgan fingerprint density at radius 3 is 2.11 bits per heavy atom. The van der Waals surface area contributed by atoms with Gasteiger partial charge in [0.15, 0.2) is 5.78 Å². The molecule has 192 valence electrons. The first-order chi connectivity index (χ1) is 16.5. The Labute approximate surface area is 217 Å². The van der Waals surface area contributed by atoms with Crippen LogP contribution in [0, 0.1) is 13.8 Å². The van der Waals surface area contributed by atoms with Crippen LogP contribution in [0.2, 0.25) is 0 Å². The summed E-state index contributed by atoms with van der Waals surface area (Å²) in [7, 11) is 0. The van der Waals surface area contributed by atoms with E-state index >= 15 is 0 Å². The lowest BCUT2D eigenvalue weighted by atomic mass is 9.96. The van der Waals surface area contributed by atoms with Gasteiger partial charge in [0.05, 0.1) is 12.2 Å². The average molecular weight is 500 g/mol. The maximum absolute atomic E-state index is 13.5. The SMILES string of the molecule is CCCCN(CCCC)CCCOc1c(C)cc(C(=O)c2c(CC)oc3ccccc23)cc1C.Cl. The van der Waals surface area contributed by atoms with Gasteiger partial charge in [0.25, 0.3) is 0 Å². The lowest BCUT2D eigenvalue weighted by Gasteiger charge is -2.22. The number of ether oxygens (including phenoxy) is 1. The van der Waals surface area contributed by atoms with Crippen molar-refractivity contribution in [1.29, 1.82) is 0 Å². The molecule has 1 aromatic heterocycles. The highest BCUT2D eigenvalue weighted by Gasteiger charge is 2.22. The first-order valence-corrected chi connectivity index (χ1v) is 13.0. The minimum Gasteiger partial charge on any atom is -0.493 e. The smallest absolute Gasteiger partial charge is 0.197 e. The second kappa shape index (κ2) is 14.3. The van der Waals surface area contributed by atoms with Crippen LogP contribution in [-0.4, -0.2) is 36.9 Å². The molecule has 0 aliphatic heterocycles. The number of hydrogen-bond donors (Lipinski definition) is 0.